The van der Waals surface area contributed by atoms with Crippen molar-refractivity contribution >= 4 is 27.9 Å². The number of aromatic nitrogens is 1. The number of halogens is 1. The zero-order valence-electron chi connectivity index (χ0n) is 12.0. The van der Waals surface area contributed by atoms with Gasteiger partial charge in [0.1, 0.15) is 0 Å². The van der Waals surface area contributed by atoms with Gasteiger partial charge in [-0.3, -0.25) is 0 Å². The number of hydrogen-bond donors (Lipinski definition) is 1. The Hall–Kier alpha value is -0.361. The molecule has 3 rings (SSSR count). The van der Waals surface area contributed by atoms with E-state index in [4.69, 9.17) is 0 Å². The molecule has 1 N–H and O–H groups in total. The standard InChI is InChI=1S/C11H13FN3.3CH3.Sn/c12-9-2-1-5-13-10(9)15-7-6-14-11(8-15)3-4-11;;;;/h1-2,14H,3-4,6-8H2;3*1H3;. The van der Waals surface area contributed by atoms with Crippen LogP contribution in [0.1, 0.15) is 12.8 Å². The van der Waals surface area contributed by atoms with Gasteiger partial charge < -0.3 is 0 Å². The van der Waals surface area contributed by atoms with Crippen molar-refractivity contribution in [2.45, 2.75) is 33.2 Å². The average molecular weight is 370 g/mol. The fourth-order valence-electron chi connectivity index (χ4n) is 2.69. The van der Waals surface area contributed by atoms with Crippen LogP contribution in [0.15, 0.2) is 12.1 Å². The van der Waals surface area contributed by atoms with Gasteiger partial charge in [0.2, 0.25) is 0 Å². The number of pyridine rings is 1. The molecule has 3 nitrogen and oxygen atoms in total. The molecule has 2 fully saturated rings. The Balaban J connectivity index is 1.90. The maximum absolute atomic E-state index is 14.1. The quantitative estimate of drug-likeness (QED) is 0.804. The molecule has 0 atom stereocenters. The van der Waals surface area contributed by atoms with Crippen molar-refractivity contribution in [3.05, 3.63) is 17.9 Å². The number of anilines is 1. The minimum atomic E-state index is -2.23. The summed E-state index contributed by atoms with van der Waals surface area (Å²) < 4.78 is 15.3. The van der Waals surface area contributed by atoms with Crippen LogP contribution in [0.4, 0.5) is 10.2 Å². The van der Waals surface area contributed by atoms with Crippen molar-refractivity contribution in [3.8, 4) is 0 Å². The second-order valence-corrected chi connectivity index (χ2v) is 21.2. The monoisotopic (exact) mass is 371 g/mol. The van der Waals surface area contributed by atoms with Gasteiger partial charge in [-0.15, -0.1) is 0 Å². The SMILES string of the molecule is [CH3][Sn]([CH3])([CH3])[c]1ccc(F)c(N2CCNC3(CC3)C2)n1. The van der Waals surface area contributed by atoms with Gasteiger partial charge in [0.15, 0.2) is 0 Å². The van der Waals surface area contributed by atoms with E-state index in [2.05, 4.69) is 30.0 Å². The number of hydrogen-bond acceptors (Lipinski definition) is 3. The van der Waals surface area contributed by atoms with Gasteiger partial charge in [-0.2, -0.15) is 0 Å². The van der Waals surface area contributed by atoms with Crippen molar-refractivity contribution in [1.29, 1.82) is 0 Å². The molecule has 1 aliphatic heterocycles. The second kappa shape index (κ2) is 4.58. The fraction of sp³-hybridized carbons (Fsp3) is 0.643. The zero-order valence-corrected chi connectivity index (χ0v) is 14.8. The molecule has 5 heteroatoms. The fourth-order valence-corrected chi connectivity index (χ4v) is 5.62. The predicted octanol–water partition coefficient (Wildman–Crippen LogP) is 1.71. The Morgan fingerprint density at radius 3 is 2.68 bits per heavy atom. The van der Waals surface area contributed by atoms with Crippen LogP contribution in [0, 0.1) is 5.82 Å². The molecule has 1 saturated heterocycles. The summed E-state index contributed by atoms with van der Waals surface area (Å²) in [6.45, 7) is 2.69. The van der Waals surface area contributed by atoms with Gasteiger partial charge in [-0.25, -0.2) is 0 Å². The van der Waals surface area contributed by atoms with Crippen LogP contribution in [0.2, 0.25) is 14.8 Å². The van der Waals surface area contributed by atoms with E-state index >= 15 is 0 Å². The third kappa shape index (κ3) is 2.75. The number of nitrogens with zero attached hydrogens (tertiary/aromatic N) is 2. The molecule has 0 amide bonds. The summed E-state index contributed by atoms with van der Waals surface area (Å²) in [5.41, 5.74) is 0.257. The van der Waals surface area contributed by atoms with Crippen molar-refractivity contribution in [2.75, 3.05) is 24.5 Å². The third-order valence-electron chi connectivity index (χ3n) is 4.12. The van der Waals surface area contributed by atoms with E-state index in [1.807, 2.05) is 6.07 Å². The molecule has 104 valence electrons. The summed E-state index contributed by atoms with van der Waals surface area (Å²) in [6.07, 6.45) is 2.42. The van der Waals surface area contributed by atoms with Crippen LogP contribution in [0.3, 0.4) is 0 Å². The molecule has 2 heterocycles. The first-order chi connectivity index (χ1) is 8.90. The molecule has 0 radical (unpaired) electrons. The Morgan fingerprint density at radius 2 is 2.05 bits per heavy atom. The molecule has 1 spiro atoms. The van der Waals surface area contributed by atoms with E-state index in [-0.39, 0.29) is 11.4 Å². The van der Waals surface area contributed by atoms with Crippen molar-refractivity contribution < 1.29 is 4.39 Å². The number of piperazine rings is 1. The van der Waals surface area contributed by atoms with Crippen LogP contribution >= 0.6 is 0 Å². The maximum atomic E-state index is 14.1. The topological polar surface area (TPSA) is 28.2 Å². The van der Waals surface area contributed by atoms with Gasteiger partial charge in [-0.1, -0.05) is 0 Å². The van der Waals surface area contributed by atoms with Gasteiger partial charge >= 0.3 is 118 Å². The van der Waals surface area contributed by atoms with Crippen LogP contribution in [0.5, 0.6) is 0 Å². The molecule has 1 saturated carbocycles. The van der Waals surface area contributed by atoms with Crippen molar-refractivity contribution in [3.63, 3.8) is 0 Å². The number of rotatable bonds is 2. The summed E-state index contributed by atoms with van der Waals surface area (Å²) >= 11 is -2.23. The van der Waals surface area contributed by atoms with Crippen LogP contribution in [0.25, 0.3) is 0 Å². The summed E-state index contributed by atoms with van der Waals surface area (Å²) in [5.74, 6) is 0.411. The van der Waals surface area contributed by atoms with Crippen LogP contribution in [-0.4, -0.2) is 48.5 Å². The van der Waals surface area contributed by atoms with Gasteiger partial charge in [0.25, 0.3) is 0 Å². The first-order valence-electron chi connectivity index (χ1n) is 7.07. The van der Waals surface area contributed by atoms with Crippen molar-refractivity contribution in [2.24, 2.45) is 0 Å². The Labute approximate surface area is 118 Å². The van der Waals surface area contributed by atoms with E-state index in [9.17, 15) is 4.39 Å². The summed E-state index contributed by atoms with van der Waals surface area (Å²) in [7, 11) is 0. The molecular formula is C14H22FN3Sn. The predicted molar refractivity (Wildman–Crippen MR) is 79.4 cm³/mol. The van der Waals surface area contributed by atoms with Gasteiger partial charge in [0.05, 0.1) is 0 Å². The Morgan fingerprint density at radius 1 is 1.32 bits per heavy atom. The van der Waals surface area contributed by atoms with E-state index in [1.54, 1.807) is 6.07 Å². The molecule has 1 aromatic rings. The molecule has 19 heavy (non-hydrogen) atoms. The minimum absolute atomic E-state index is 0.169. The van der Waals surface area contributed by atoms with E-state index in [0.717, 1.165) is 23.3 Å². The Bertz CT molecular complexity index is 494. The molecule has 0 unspecified atom stereocenters. The molecular weight excluding hydrogens is 348 g/mol. The molecule has 1 aliphatic carbocycles. The first kappa shape index (κ1) is 13.6. The summed E-state index contributed by atoms with van der Waals surface area (Å²) in [6, 6.07) is 3.51. The van der Waals surface area contributed by atoms with E-state index in [0.29, 0.717) is 5.82 Å². The first-order valence-corrected chi connectivity index (χ1v) is 17.1. The molecule has 1 aromatic heterocycles. The van der Waals surface area contributed by atoms with Crippen LogP contribution < -0.4 is 13.9 Å². The Kier molecular flexibility index (Phi) is 3.28. The molecule has 2 aliphatic rings. The normalized spacial score (nSPS) is 21.8. The van der Waals surface area contributed by atoms with Crippen molar-refractivity contribution in [1.82, 2.24) is 10.3 Å². The summed E-state index contributed by atoms with van der Waals surface area (Å²) in [4.78, 5) is 13.8. The second-order valence-electron chi connectivity index (χ2n) is 6.88. The third-order valence-corrected chi connectivity index (χ3v) is 9.31. The molecule has 0 bridgehead atoms. The molecule has 0 aromatic carbocycles. The van der Waals surface area contributed by atoms with Gasteiger partial charge in [0, 0.05) is 0 Å². The zero-order chi connectivity index (χ0) is 13.7. The van der Waals surface area contributed by atoms with E-state index in [1.165, 1.54) is 12.8 Å². The average Bonchev–Trinajstić information content (AvgIpc) is 3.07. The number of nitrogens with one attached hydrogen (secondary N) is 1. The van der Waals surface area contributed by atoms with E-state index < -0.39 is 18.4 Å². The summed E-state index contributed by atoms with van der Waals surface area (Å²) in [5, 5.41) is 3.55. The van der Waals surface area contributed by atoms with Gasteiger partial charge in [-0.05, 0) is 0 Å². The van der Waals surface area contributed by atoms with Crippen LogP contribution in [-0.2, 0) is 0 Å².